The second-order valence-corrected chi connectivity index (χ2v) is 8.65. The van der Waals surface area contributed by atoms with Crippen molar-refractivity contribution in [3.05, 3.63) is 86.3 Å². The summed E-state index contributed by atoms with van der Waals surface area (Å²) in [6, 6.07) is 7.61. The normalized spacial score (nSPS) is 12.0. The van der Waals surface area contributed by atoms with Gasteiger partial charge in [0.2, 0.25) is 0 Å². The summed E-state index contributed by atoms with van der Waals surface area (Å²) >= 11 is 0.899. The molecule has 5 nitrogen and oxygen atoms in total. The van der Waals surface area contributed by atoms with E-state index in [0.717, 1.165) is 11.8 Å². The van der Waals surface area contributed by atoms with Gasteiger partial charge in [-0.25, -0.2) is 4.98 Å². The lowest BCUT2D eigenvalue weighted by atomic mass is 9.99. The minimum absolute atomic E-state index is 0.0251. The number of hydrogen-bond acceptors (Lipinski definition) is 5. The van der Waals surface area contributed by atoms with Crippen LogP contribution in [0.25, 0.3) is 0 Å². The number of H-pyrrole nitrogens is 1. The van der Waals surface area contributed by atoms with E-state index in [1.54, 1.807) is 31.2 Å². The fourth-order valence-electron chi connectivity index (χ4n) is 3.41. The quantitative estimate of drug-likeness (QED) is 0.169. The Hall–Kier alpha value is -3.28. The number of nitrogens with zero attached hydrogens (tertiary/aromatic N) is 1. The molecule has 192 valence electrons. The first-order chi connectivity index (χ1) is 16.8. The summed E-state index contributed by atoms with van der Waals surface area (Å²) in [5.41, 5.74) is -3.22. The first-order valence-electron chi connectivity index (χ1n) is 10.5. The minimum atomic E-state index is -4.99. The lowest BCUT2D eigenvalue weighted by molar-refractivity contribution is -0.143. The molecule has 2 aromatic carbocycles. The topological polar surface area (TPSA) is 72.0 Å². The molecule has 1 aromatic heterocycles. The molecule has 0 saturated carbocycles. The Morgan fingerprint density at radius 3 is 2.08 bits per heavy atom. The van der Waals surface area contributed by atoms with Gasteiger partial charge in [0.15, 0.2) is 10.9 Å². The number of rotatable bonds is 8. The predicted molar refractivity (Wildman–Crippen MR) is 122 cm³/mol. The third-order valence-electron chi connectivity index (χ3n) is 5.20. The summed E-state index contributed by atoms with van der Waals surface area (Å²) in [5.74, 6) is 0.175. The fraction of sp³-hybridized carbons (Fsp3) is 0.292. The first-order valence-corrected chi connectivity index (χ1v) is 11.5. The Morgan fingerprint density at radius 2 is 1.58 bits per heavy atom. The van der Waals surface area contributed by atoms with Crippen LogP contribution < -0.4 is 10.3 Å². The van der Waals surface area contributed by atoms with Crippen LogP contribution in [0.15, 0.2) is 52.4 Å². The van der Waals surface area contributed by atoms with Crippen molar-refractivity contribution in [2.45, 2.75) is 37.3 Å². The lowest BCUT2D eigenvalue weighted by Gasteiger charge is -2.15. The van der Waals surface area contributed by atoms with Gasteiger partial charge in [0.25, 0.3) is 5.56 Å². The molecule has 36 heavy (non-hydrogen) atoms. The first kappa shape index (κ1) is 27.3. The number of hydrogen-bond donors (Lipinski definition) is 1. The standard InChI is InChI=1S/C24H20F6N2O3S/c1-3-18-19(10-13-8-15(23(25,26)27)11-16(9-13)24(28,29)30)31-22(32-21(18)34)36-12-20(33)14-4-6-17(35-2)7-5-14/h4-9,11H,3,10,12H2,1-2H3,(H,31,32,34). The second-order valence-electron chi connectivity index (χ2n) is 7.68. The van der Waals surface area contributed by atoms with Crippen molar-refractivity contribution in [3.63, 3.8) is 0 Å². The second kappa shape index (κ2) is 10.8. The van der Waals surface area contributed by atoms with Crippen LogP contribution in [0.3, 0.4) is 0 Å². The van der Waals surface area contributed by atoms with Crippen molar-refractivity contribution in [2.24, 2.45) is 0 Å². The van der Waals surface area contributed by atoms with E-state index in [4.69, 9.17) is 4.74 Å². The number of nitrogens with one attached hydrogen (secondary N) is 1. The summed E-state index contributed by atoms with van der Waals surface area (Å²) in [6.07, 6.45) is -10.3. The zero-order chi connectivity index (χ0) is 26.7. The molecular formula is C24H20F6N2O3S. The molecule has 0 atom stereocenters. The maximum absolute atomic E-state index is 13.2. The molecule has 0 spiro atoms. The molecule has 12 heteroatoms. The highest BCUT2D eigenvalue weighted by atomic mass is 32.2. The van der Waals surface area contributed by atoms with Gasteiger partial charge >= 0.3 is 12.4 Å². The zero-order valence-electron chi connectivity index (χ0n) is 19.0. The number of methoxy groups -OCH3 is 1. The van der Waals surface area contributed by atoms with Crippen LogP contribution in [0, 0.1) is 0 Å². The van der Waals surface area contributed by atoms with Crippen LogP contribution in [-0.2, 0) is 25.2 Å². The molecule has 3 aromatic rings. The summed E-state index contributed by atoms with van der Waals surface area (Å²) < 4.78 is 84.4. The zero-order valence-corrected chi connectivity index (χ0v) is 19.8. The van der Waals surface area contributed by atoms with E-state index in [1.165, 1.54) is 7.11 Å². The number of carbonyl (C=O) groups excluding carboxylic acids is 1. The summed E-state index contributed by atoms with van der Waals surface area (Å²) in [7, 11) is 1.48. The molecule has 0 saturated heterocycles. The number of alkyl halides is 6. The average molecular weight is 530 g/mol. The van der Waals surface area contributed by atoms with Gasteiger partial charge in [-0.3, -0.25) is 9.59 Å². The average Bonchev–Trinajstić information content (AvgIpc) is 2.81. The number of halogens is 6. The maximum Gasteiger partial charge on any atom is 0.416 e. The number of Topliss-reactive ketones (excluding diaryl/α,β-unsaturated/α-hetero) is 1. The predicted octanol–water partition coefficient (Wildman–Crippen LogP) is 5.94. The third-order valence-corrected chi connectivity index (χ3v) is 6.08. The number of aromatic nitrogens is 2. The van der Waals surface area contributed by atoms with Gasteiger partial charge in [-0.1, -0.05) is 18.7 Å². The smallest absolute Gasteiger partial charge is 0.416 e. The molecule has 0 aliphatic carbocycles. The Kier molecular flexibility index (Phi) is 8.17. The number of ketones is 1. The van der Waals surface area contributed by atoms with Crippen molar-refractivity contribution in [1.29, 1.82) is 0 Å². The van der Waals surface area contributed by atoms with Crippen molar-refractivity contribution in [3.8, 4) is 5.75 Å². The van der Waals surface area contributed by atoms with Gasteiger partial charge in [0, 0.05) is 17.5 Å². The van der Waals surface area contributed by atoms with Crippen LogP contribution in [0.2, 0.25) is 0 Å². The van der Waals surface area contributed by atoms with E-state index in [-0.39, 0.29) is 46.0 Å². The van der Waals surface area contributed by atoms with E-state index < -0.39 is 35.5 Å². The van der Waals surface area contributed by atoms with Crippen molar-refractivity contribution in [2.75, 3.05) is 12.9 Å². The van der Waals surface area contributed by atoms with Gasteiger partial charge in [-0.2, -0.15) is 26.3 Å². The van der Waals surface area contributed by atoms with Gasteiger partial charge in [0.05, 0.1) is 29.7 Å². The van der Waals surface area contributed by atoms with E-state index in [1.807, 2.05) is 0 Å². The Morgan fingerprint density at radius 1 is 1.00 bits per heavy atom. The summed E-state index contributed by atoms with van der Waals surface area (Å²) in [6.45, 7) is 1.61. The van der Waals surface area contributed by atoms with Crippen molar-refractivity contribution >= 4 is 17.5 Å². The van der Waals surface area contributed by atoms with Crippen LogP contribution in [-0.4, -0.2) is 28.6 Å². The van der Waals surface area contributed by atoms with Crippen LogP contribution in [0.5, 0.6) is 5.75 Å². The number of carbonyl (C=O) groups is 1. The summed E-state index contributed by atoms with van der Waals surface area (Å²) in [5, 5.41) is 0.0251. The highest BCUT2D eigenvalue weighted by molar-refractivity contribution is 7.99. The van der Waals surface area contributed by atoms with Crippen LogP contribution in [0.1, 0.15) is 45.2 Å². The minimum Gasteiger partial charge on any atom is -0.497 e. The highest BCUT2D eigenvalue weighted by Gasteiger charge is 2.37. The SMILES string of the molecule is CCc1c(Cc2cc(C(F)(F)F)cc(C(F)(F)F)c2)nc(SCC(=O)c2ccc(OC)cc2)[nH]c1=O. The van der Waals surface area contributed by atoms with Crippen molar-refractivity contribution < 1.29 is 35.9 Å². The summed E-state index contributed by atoms with van der Waals surface area (Å²) in [4.78, 5) is 31.8. The van der Waals surface area contributed by atoms with Gasteiger partial charge in [-0.15, -0.1) is 0 Å². The molecule has 0 aliphatic rings. The number of aromatic amines is 1. The monoisotopic (exact) mass is 530 g/mol. The maximum atomic E-state index is 13.2. The molecule has 0 amide bonds. The van der Waals surface area contributed by atoms with Crippen LogP contribution in [0.4, 0.5) is 26.3 Å². The van der Waals surface area contributed by atoms with Gasteiger partial charge in [0.1, 0.15) is 5.75 Å². The van der Waals surface area contributed by atoms with Gasteiger partial charge in [-0.05, 0) is 54.4 Å². The van der Waals surface area contributed by atoms with E-state index in [0.29, 0.717) is 23.4 Å². The Bertz CT molecular complexity index is 1270. The number of ether oxygens (including phenoxy) is 1. The Balaban J connectivity index is 1.90. The lowest BCUT2D eigenvalue weighted by Crippen LogP contribution is -2.19. The fourth-order valence-corrected chi connectivity index (χ4v) is 4.18. The van der Waals surface area contributed by atoms with E-state index >= 15 is 0 Å². The molecule has 0 fully saturated rings. The molecule has 0 bridgehead atoms. The Labute approximate surface area is 205 Å². The molecule has 0 radical (unpaired) electrons. The molecule has 1 N–H and O–H groups in total. The molecule has 3 rings (SSSR count). The number of thioether (sulfide) groups is 1. The molecule has 1 heterocycles. The third kappa shape index (κ3) is 6.68. The van der Waals surface area contributed by atoms with E-state index in [9.17, 15) is 35.9 Å². The van der Waals surface area contributed by atoms with Crippen LogP contribution >= 0.6 is 11.8 Å². The molecule has 0 unspecified atom stereocenters. The highest BCUT2D eigenvalue weighted by Crippen LogP contribution is 2.36. The number of benzene rings is 2. The largest absolute Gasteiger partial charge is 0.497 e. The van der Waals surface area contributed by atoms with Gasteiger partial charge < -0.3 is 9.72 Å². The molecule has 0 aliphatic heterocycles. The van der Waals surface area contributed by atoms with Crippen molar-refractivity contribution in [1.82, 2.24) is 9.97 Å². The van der Waals surface area contributed by atoms with E-state index in [2.05, 4.69) is 9.97 Å². The molecular weight excluding hydrogens is 510 g/mol.